The van der Waals surface area contributed by atoms with E-state index in [4.69, 9.17) is 27.6 Å². The highest BCUT2D eigenvalue weighted by molar-refractivity contribution is 6.33. The average Bonchev–Trinajstić information content (AvgIpc) is 3.44. The molecule has 32 heavy (non-hydrogen) atoms. The number of rotatable bonds is 6. The summed E-state index contributed by atoms with van der Waals surface area (Å²) in [4.78, 5) is 28.9. The summed E-state index contributed by atoms with van der Waals surface area (Å²) in [6.45, 7) is 1.76. The van der Waals surface area contributed by atoms with E-state index in [0.717, 1.165) is 24.2 Å². The minimum absolute atomic E-state index is 0.156. The van der Waals surface area contributed by atoms with Crippen molar-refractivity contribution in [1.82, 2.24) is 14.5 Å². The number of furan rings is 1. The highest BCUT2D eigenvalue weighted by Crippen LogP contribution is 2.29. The number of carbonyl (C=O) groups excluding carboxylic acids is 1. The fraction of sp³-hybridized carbons (Fsp3) is 0.273. The minimum atomic E-state index is -0.617. The van der Waals surface area contributed by atoms with Gasteiger partial charge in [-0.2, -0.15) is 0 Å². The van der Waals surface area contributed by atoms with Gasteiger partial charge in [-0.1, -0.05) is 23.2 Å². The zero-order chi connectivity index (χ0) is 22.7. The van der Waals surface area contributed by atoms with Crippen LogP contribution in [-0.2, 0) is 11.3 Å². The van der Waals surface area contributed by atoms with Crippen LogP contribution in [0.3, 0.4) is 0 Å². The number of halogens is 2. The molecule has 1 aromatic carbocycles. The number of hydrogen-bond donors (Lipinski definition) is 0. The van der Waals surface area contributed by atoms with Crippen LogP contribution < -0.4 is 0 Å². The van der Waals surface area contributed by atoms with Gasteiger partial charge in [0.25, 0.3) is 0 Å². The maximum Gasteiger partial charge on any atom is 0.433 e. The number of imidazole rings is 1. The third kappa shape index (κ3) is 5.03. The lowest BCUT2D eigenvalue weighted by Gasteiger charge is -2.31. The smallest absolute Gasteiger partial charge is 0.401 e. The summed E-state index contributed by atoms with van der Waals surface area (Å²) in [6, 6.07) is 8.12. The van der Waals surface area contributed by atoms with Crippen LogP contribution in [0.25, 0.3) is 6.08 Å². The van der Waals surface area contributed by atoms with Gasteiger partial charge in [-0.15, -0.1) is 0 Å². The monoisotopic (exact) mass is 474 g/mol. The number of amides is 1. The van der Waals surface area contributed by atoms with Gasteiger partial charge >= 0.3 is 5.88 Å². The van der Waals surface area contributed by atoms with Gasteiger partial charge in [0.15, 0.2) is 0 Å². The molecule has 3 heterocycles. The Morgan fingerprint density at radius 2 is 2.03 bits per heavy atom. The largest absolute Gasteiger partial charge is 0.433 e. The number of carbonyl (C=O) groups is 1. The molecule has 0 radical (unpaired) electrons. The summed E-state index contributed by atoms with van der Waals surface area (Å²) >= 11 is 12.4. The Morgan fingerprint density at radius 1 is 1.25 bits per heavy atom. The van der Waals surface area contributed by atoms with E-state index in [1.807, 2.05) is 12.3 Å². The maximum absolute atomic E-state index is 12.5. The molecule has 0 unspecified atom stereocenters. The highest BCUT2D eigenvalue weighted by Gasteiger charge is 2.26. The second-order valence-electron chi connectivity index (χ2n) is 7.52. The first kappa shape index (κ1) is 22.1. The Labute approximate surface area is 194 Å². The van der Waals surface area contributed by atoms with Gasteiger partial charge in [0.05, 0.1) is 12.6 Å². The Hall–Kier alpha value is -3.10. The lowest BCUT2D eigenvalue weighted by Crippen LogP contribution is -2.37. The fourth-order valence-corrected chi connectivity index (χ4v) is 4.18. The van der Waals surface area contributed by atoms with Gasteiger partial charge in [0, 0.05) is 47.5 Å². The molecule has 1 saturated heterocycles. The van der Waals surface area contributed by atoms with Crippen molar-refractivity contribution in [3.8, 4) is 0 Å². The number of piperidine rings is 1. The molecule has 1 aliphatic heterocycles. The first-order valence-corrected chi connectivity index (χ1v) is 10.8. The van der Waals surface area contributed by atoms with Crippen molar-refractivity contribution in [3.05, 3.63) is 86.1 Å². The normalized spacial score (nSPS) is 14.9. The van der Waals surface area contributed by atoms with E-state index < -0.39 is 4.92 Å². The van der Waals surface area contributed by atoms with E-state index in [1.54, 1.807) is 23.2 Å². The van der Waals surface area contributed by atoms with Crippen LogP contribution in [0, 0.1) is 10.1 Å². The zero-order valence-corrected chi connectivity index (χ0v) is 18.5. The van der Waals surface area contributed by atoms with Gasteiger partial charge in [-0.05, 0) is 48.7 Å². The second kappa shape index (κ2) is 9.58. The summed E-state index contributed by atoms with van der Waals surface area (Å²) in [5, 5.41) is 12.0. The number of hydrogen-bond acceptors (Lipinski definition) is 5. The Balaban J connectivity index is 1.36. The Bertz CT molecular complexity index is 1160. The fourth-order valence-electron chi connectivity index (χ4n) is 3.81. The number of aromatic nitrogens is 2. The molecule has 2 aromatic heterocycles. The van der Waals surface area contributed by atoms with Gasteiger partial charge < -0.3 is 13.9 Å². The van der Waals surface area contributed by atoms with Crippen molar-refractivity contribution in [3.63, 3.8) is 0 Å². The third-order valence-electron chi connectivity index (χ3n) is 5.45. The zero-order valence-electron chi connectivity index (χ0n) is 17.0. The Morgan fingerprint density at radius 3 is 2.75 bits per heavy atom. The molecule has 10 heteroatoms. The van der Waals surface area contributed by atoms with Crippen LogP contribution in [0.4, 0.5) is 5.88 Å². The maximum atomic E-state index is 12.5. The molecule has 0 atom stereocenters. The SMILES string of the molecule is O=C(C=Cc1ccc([N+](=O)[O-])o1)N1CCC(c2nccn2Cc2cc(Cl)ccc2Cl)CC1. The van der Waals surface area contributed by atoms with E-state index in [1.165, 1.54) is 24.3 Å². The number of nitro groups is 1. The molecule has 0 N–H and O–H groups in total. The van der Waals surface area contributed by atoms with E-state index in [2.05, 4.69) is 9.55 Å². The van der Waals surface area contributed by atoms with Crippen molar-refractivity contribution in [2.45, 2.75) is 25.3 Å². The molecule has 0 saturated carbocycles. The summed E-state index contributed by atoms with van der Waals surface area (Å²) in [7, 11) is 0. The lowest BCUT2D eigenvalue weighted by molar-refractivity contribution is -0.402. The molecular formula is C22H20Cl2N4O4. The van der Waals surface area contributed by atoms with Gasteiger partial charge in [-0.25, -0.2) is 4.98 Å². The molecule has 4 rings (SSSR count). The summed E-state index contributed by atoms with van der Waals surface area (Å²) < 4.78 is 7.11. The predicted molar refractivity (Wildman–Crippen MR) is 121 cm³/mol. The van der Waals surface area contributed by atoms with Crippen LogP contribution in [0.1, 0.15) is 35.9 Å². The summed E-state index contributed by atoms with van der Waals surface area (Å²) in [6.07, 6.45) is 8.10. The topological polar surface area (TPSA) is 94.4 Å². The van der Waals surface area contributed by atoms with Crippen LogP contribution in [-0.4, -0.2) is 38.4 Å². The third-order valence-corrected chi connectivity index (χ3v) is 6.05. The average molecular weight is 475 g/mol. The molecule has 1 amide bonds. The number of nitrogens with zero attached hydrogens (tertiary/aromatic N) is 4. The van der Waals surface area contributed by atoms with Crippen molar-refractivity contribution < 1.29 is 14.1 Å². The van der Waals surface area contributed by atoms with Crippen molar-refractivity contribution >= 4 is 41.1 Å². The van der Waals surface area contributed by atoms with Gasteiger partial charge in [-0.3, -0.25) is 14.9 Å². The first-order valence-electron chi connectivity index (χ1n) is 10.1. The van der Waals surface area contributed by atoms with Crippen LogP contribution >= 0.6 is 23.2 Å². The molecule has 3 aromatic rings. The number of likely N-dealkylation sites (tertiary alicyclic amines) is 1. The van der Waals surface area contributed by atoms with E-state index in [-0.39, 0.29) is 23.5 Å². The predicted octanol–water partition coefficient (Wildman–Crippen LogP) is 5.16. The molecule has 0 bridgehead atoms. The van der Waals surface area contributed by atoms with Gasteiger partial charge in [0.2, 0.25) is 5.91 Å². The quantitative estimate of drug-likeness (QED) is 0.279. The highest BCUT2D eigenvalue weighted by atomic mass is 35.5. The Kier molecular flexibility index (Phi) is 6.62. The van der Waals surface area contributed by atoms with E-state index >= 15 is 0 Å². The van der Waals surface area contributed by atoms with Crippen molar-refractivity contribution in [2.24, 2.45) is 0 Å². The molecule has 0 aliphatic carbocycles. The van der Waals surface area contributed by atoms with E-state index in [9.17, 15) is 14.9 Å². The van der Waals surface area contributed by atoms with E-state index in [0.29, 0.717) is 29.7 Å². The molecule has 1 aliphatic rings. The van der Waals surface area contributed by atoms with Crippen LogP contribution in [0.15, 0.2) is 53.2 Å². The van der Waals surface area contributed by atoms with Crippen LogP contribution in [0.5, 0.6) is 0 Å². The standard InChI is InChI=1S/C22H20Cl2N4O4/c23-17-1-4-19(24)16(13-17)14-27-12-9-25-22(27)15-7-10-26(11-8-15)20(29)5-2-18-3-6-21(32-18)28(30)31/h1-6,9,12-13,15H,7-8,10-11,14H2. The van der Waals surface area contributed by atoms with Crippen LogP contribution in [0.2, 0.25) is 10.0 Å². The lowest BCUT2D eigenvalue weighted by atomic mass is 9.95. The molecular weight excluding hydrogens is 455 g/mol. The first-order chi connectivity index (χ1) is 15.4. The molecule has 1 fully saturated rings. The molecule has 166 valence electrons. The molecule has 0 spiro atoms. The van der Waals surface area contributed by atoms with Crippen molar-refractivity contribution in [2.75, 3.05) is 13.1 Å². The number of benzene rings is 1. The second-order valence-corrected chi connectivity index (χ2v) is 8.36. The van der Waals surface area contributed by atoms with Gasteiger partial charge in [0.1, 0.15) is 16.5 Å². The summed E-state index contributed by atoms with van der Waals surface area (Å²) in [5.74, 6) is 0.945. The summed E-state index contributed by atoms with van der Waals surface area (Å²) in [5.41, 5.74) is 0.925. The molecule has 8 nitrogen and oxygen atoms in total. The minimum Gasteiger partial charge on any atom is -0.401 e. The van der Waals surface area contributed by atoms with Crippen molar-refractivity contribution in [1.29, 1.82) is 0 Å².